The van der Waals surface area contributed by atoms with Crippen LogP contribution in [-0.2, 0) is 6.54 Å². The Morgan fingerprint density at radius 2 is 2.13 bits per heavy atom. The average Bonchev–Trinajstić information content (AvgIpc) is 2.22. The molecule has 0 fully saturated rings. The minimum Gasteiger partial charge on any atom is -0.395 e. The summed E-state index contributed by atoms with van der Waals surface area (Å²) in [6, 6.07) is 3.44. The number of aliphatic hydroxyl groups excluding tert-OH is 1. The minimum atomic E-state index is -0.578. The molecule has 84 valence electrons. The van der Waals surface area contributed by atoms with Gasteiger partial charge < -0.3 is 10.4 Å². The highest BCUT2D eigenvalue weighted by Gasteiger charge is 2.07. The van der Waals surface area contributed by atoms with Gasteiger partial charge in [0.2, 0.25) is 0 Å². The molecule has 15 heavy (non-hydrogen) atoms. The number of hydrogen-bond donors (Lipinski definition) is 2. The summed E-state index contributed by atoms with van der Waals surface area (Å²) in [4.78, 5) is 0. The smallest absolute Gasteiger partial charge is 0.130 e. The fraction of sp³-hybridized carbons (Fsp3) is 0.455. The van der Waals surface area contributed by atoms with Gasteiger partial charge in [0.05, 0.1) is 6.61 Å². The van der Waals surface area contributed by atoms with E-state index in [1.54, 1.807) is 0 Å². The van der Waals surface area contributed by atoms with E-state index < -0.39 is 11.6 Å². The third-order valence-corrected chi connectivity index (χ3v) is 2.31. The van der Waals surface area contributed by atoms with Gasteiger partial charge in [-0.05, 0) is 12.5 Å². The van der Waals surface area contributed by atoms with Gasteiger partial charge in [-0.3, -0.25) is 0 Å². The van der Waals surface area contributed by atoms with Gasteiger partial charge >= 0.3 is 0 Å². The first-order chi connectivity index (χ1) is 7.17. The summed E-state index contributed by atoms with van der Waals surface area (Å²) in [6.07, 6.45) is 0.763. The molecule has 2 N–H and O–H groups in total. The lowest BCUT2D eigenvalue weighted by Crippen LogP contribution is -2.31. The van der Waals surface area contributed by atoms with Crippen molar-refractivity contribution in [3.05, 3.63) is 35.4 Å². The number of nitrogens with one attached hydrogen (secondary N) is 1. The normalized spacial score (nSPS) is 12.8. The van der Waals surface area contributed by atoms with Gasteiger partial charge in [-0.25, -0.2) is 8.78 Å². The molecule has 1 aromatic rings. The van der Waals surface area contributed by atoms with Crippen LogP contribution in [0.3, 0.4) is 0 Å². The number of hydrogen-bond acceptors (Lipinski definition) is 2. The lowest BCUT2D eigenvalue weighted by molar-refractivity contribution is 0.238. The molecule has 0 saturated carbocycles. The molecule has 4 heteroatoms. The molecule has 0 bridgehead atoms. The summed E-state index contributed by atoms with van der Waals surface area (Å²) in [6.45, 7) is 2.24. The quantitative estimate of drug-likeness (QED) is 0.785. The van der Waals surface area contributed by atoms with Crippen LogP contribution in [0.25, 0.3) is 0 Å². The maximum atomic E-state index is 13.2. The molecule has 0 saturated heterocycles. The van der Waals surface area contributed by atoms with Crippen LogP contribution in [0.15, 0.2) is 18.2 Å². The van der Waals surface area contributed by atoms with E-state index >= 15 is 0 Å². The monoisotopic (exact) mass is 215 g/mol. The van der Waals surface area contributed by atoms with E-state index in [0.29, 0.717) is 12.1 Å². The van der Waals surface area contributed by atoms with Crippen LogP contribution in [0.2, 0.25) is 0 Å². The minimum absolute atomic E-state index is 0.0132. The van der Waals surface area contributed by atoms with Crippen molar-refractivity contribution in [2.24, 2.45) is 0 Å². The second-order valence-corrected chi connectivity index (χ2v) is 3.40. The van der Waals surface area contributed by atoms with Crippen molar-refractivity contribution in [1.29, 1.82) is 0 Å². The van der Waals surface area contributed by atoms with Gasteiger partial charge in [-0.2, -0.15) is 0 Å². The molecular formula is C11H15F2NO. The van der Waals surface area contributed by atoms with E-state index in [-0.39, 0.29) is 12.6 Å². The Kier molecular flexibility index (Phi) is 4.65. The lowest BCUT2D eigenvalue weighted by atomic mass is 10.2. The highest BCUT2D eigenvalue weighted by atomic mass is 19.1. The summed E-state index contributed by atoms with van der Waals surface area (Å²) < 4.78 is 25.7. The standard InChI is InChI=1S/C11H15F2NO/c1-2-10(7-15)14-6-8-3-4-9(12)5-11(8)13/h3-5,10,14-15H,2,6-7H2,1H3/t10-/m0/s1. The lowest BCUT2D eigenvalue weighted by Gasteiger charge is -2.14. The highest BCUT2D eigenvalue weighted by Crippen LogP contribution is 2.09. The van der Waals surface area contributed by atoms with Crippen molar-refractivity contribution < 1.29 is 13.9 Å². The van der Waals surface area contributed by atoms with Gasteiger partial charge in [0.15, 0.2) is 0 Å². The van der Waals surface area contributed by atoms with Crippen molar-refractivity contribution in [2.45, 2.75) is 25.9 Å². The highest BCUT2D eigenvalue weighted by molar-refractivity contribution is 5.18. The molecule has 0 aliphatic heterocycles. The van der Waals surface area contributed by atoms with E-state index in [1.165, 1.54) is 12.1 Å². The fourth-order valence-electron chi connectivity index (χ4n) is 1.26. The molecule has 0 unspecified atom stereocenters. The van der Waals surface area contributed by atoms with Gasteiger partial charge in [-0.15, -0.1) is 0 Å². The summed E-state index contributed by atoms with van der Waals surface area (Å²) in [7, 11) is 0. The molecule has 2 nitrogen and oxygen atoms in total. The van der Waals surface area contributed by atoms with E-state index in [4.69, 9.17) is 5.11 Å². The molecule has 0 heterocycles. The molecular weight excluding hydrogens is 200 g/mol. The molecule has 1 atom stereocenters. The zero-order valence-electron chi connectivity index (χ0n) is 8.63. The Morgan fingerprint density at radius 1 is 1.40 bits per heavy atom. The van der Waals surface area contributed by atoms with Gasteiger partial charge in [-0.1, -0.05) is 13.0 Å². The molecule has 1 rings (SSSR count). The zero-order valence-corrected chi connectivity index (χ0v) is 8.63. The topological polar surface area (TPSA) is 32.3 Å². The first kappa shape index (κ1) is 12.1. The van der Waals surface area contributed by atoms with Crippen LogP contribution in [0, 0.1) is 11.6 Å². The summed E-state index contributed by atoms with van der Waals surface area (Å²) in [5.74, 6) is -1.14. The molecule has 0 aromatic heterocycles. The van der Waals surface area contributed by atoms with Gasteiger partial charge in [0.25, 0.3) is 0 Å². The van der Waals surface area contributed by atoms with Gasteiger partial charge in [0, 0.05) is 24.2 Å². The summed E-state index contributed by atoms with van der Waals surface area (Å²) in [5, 5.41) is 11.9. The largest absolute Gasteiger partial charge is 0.395 e. The second-order valence-electron chi connectivity index (χ2n) is 3.40. The van der Waals surface area contributed by atoms with Crippen LogP contribution < -0.4 is 5.32 Å². The first-order valence-electron chi connectivity index (χ1n) is 4.95. The van der Waals surface area contributed by atoms with Crippen molar-refractivity contribution in [3.8, 4) is 0 Å². The molecule has 0 aliphatic rings. The maximum absolute atomic E-state index is 13.2. The molecule has 0 amide bonds. The van der Waals surface area contributed by atoms with E-state index in [9.17, 15) is 8.78 Å². The van der Waals surface area contributed by atoms with Crippen molar-refractivity contribution >= 4 is 0 Å². The number of rotatable bonds is 5. The van der Waals surface area contributed by atoms with E-state index in [1.807, 2.05) is 6.92 Å². The number of benzene rings is 1. The molecule has 1 aromatic carbocycles. The van der Waals surface area contributed by atoms with Crippen LogP contribution in [0.4, 0.5) is 8.78 Å². The Labute approximate surface area is 87.9 Å². The van der Waals surface area contributed by atoms with Crippen molar-refractivity contribution in [1.82, 2.24) is 5.32 Å². The van der Waals surface area contributed by atoms with E-state index in [0.717, 1.165) is 12.5 Å². The maximum Gasteiger partial charge on any atom is 0.130 e. The van der Waals surface area contributed by atoms with E-state index in [2.05, 4.69) is 5.32 Å². The molecule has 0 spiro atoms. The van der Waals surface area contributed by atoms with Crippen LogP contribution in [0.1, 0.15) is 18.9 Å². The summed E-state index contributed by atoms with van der Waals surface area (Å²) >= 11 is 0. The van der Waals surface area contributed by atoms with Crippen LogP contribution >= 0.6 is 0 Å². The fourth-order valence-corrected chi connectivity index (χ4v) is 1.26. The zero-order chi connectivity index (χ0) is 11.3. The Hall–Kier alpha value is -1.00. The molecule has 0 aliphatic carbocycles. The Bertz CT molecular complexity index is 313. The predicted molar refractivity (Wildman–Crippen MR) is 54.4 cm³/mol. The Morgan fingerprint density at radius 3 is 2.67 bits per heavy atom. The van der Waals surface area contributed by atoms with Crippen molar-refractivity contribution in [2.75, 3.05) is 6.61 Å². The van der Waals surface area contributed by atoms with Crippen LogP contribution in [-0.4, -0.2) is 17.8 Å². The number of halogens is 2. The SMILES string of the molecule is CC[C@@H](CO)NCc1ccc(F)cc1F. The third-order valence-electron chi connectivity index (χ3n) is 2.31. The predicted octanol–water partition coefficient (Wildman–Crippen LogP) is 1.83. The van der Waals surface area contributed by atoms with Crippen molar-refractivity contribution in [3.63, 3.8) is 0 Å². The first-order valence-corrected chi connectivity index (χ1v) is 4.95. The Balaban J connectivity index is 2.57. The average molecular weight is 215 g/mol. The third kappa shape index (κ3) is 3.57. The molecule has 0 radical (unpaired) electrons. The van der Waals surface area contributed by atoms with Crippen LogP contribution in [0.5, 0.6) is 0 Å². The number of aliphatic hydroxyl groups is 1. The summed E-state index contributed by atoms with van der Waals surface area (Å²) in [5.41, 5.74) is 0.406. The van der Waals surface area contributed by atoms with Gasteiger partial charge in [0.1, 0.15) is 11.6 Å². The second kappa shape index (κ2) is 5.78.